The Morgan fingerprint density at radius 3 is 2.41 bits per heavy atom. The van der Waals surface area contributed by atoms with Crippen LogP contribution in [-0.2, 0) is 19.0 Å². The molecule has 5 unspecified atom stereocenters. The molecular weight excluding hydrogens is 545 g/mol. The van der Waals surface area contributed by atoms with Gasteiger partial charge in [-0.3, -0.25) is 18.5 Å². The van der Waals surface area contributed by atoms with Crippen molar-refractivity contribution in [3.63, 3.8) is 0 Å². The van der Waals surface area contributed by atoms with Crippen molar-refractivity contribution in [2.24, 2.45) is 5.41 Å². The second-order valence-corrected chi connectivity index (χ2v) is 11.9. The number of aliphatic hydroxyl groups excluding tert-OH is 1. The number of morpholine rings is 1. The Bertz CT molecular complexity index is 1000. The number of hydrogen-bond donors (Lipinski definition) is 2. The molecule has 2 rings (SSSR count). The highest BCUT2D eigenvalue weighted by Gasteiger charge is 2.43. The van der Waals surface area contributed by atoms with Crippen molar-refractivity contribution in [1.29, 1.82) is 0 Å². The van der Waals surface area contributed by atoms with Gasteiger partial charge in [0.1, 0.15) is 17.2 Å². The van der Waals surface area contributed by atoms with E-state index < -0.39 is 72.7 Å². The van der Waals surface area contributed by atoms with E-state index in [4.69, 9.17) is 18.9 Å². The Labute approximate surface area is 240 Å². The van der Waals surface area contributed by atoms with Crippen molar-refractivity contribution in [3.8, 4) is 5.75 Å². The highest BCUT2D eigenvalue weighted by molar-refractivity contribution is 5.73. The number of amides is 2. The topological polar surface area (TPSA) is 107 Å². The molecule has 0 spiro atoms. The van der Waals surface area contributed by atoms with Crippen molar-refractivity contribution in [2.75, 3.05) is 33.2 Å². The number of carbonyl (C=O) groups excluding carboxylic acids is 2. The van der Waals surface area contributed by atoms with E-state index in [1.54, 1.807) is 27.7 Å². The smallest absolute Gasteiger partial charge is 0.411 e. The van der Waals surface area contributed by atoms with Gasteiger partial charge in [0.05, 0.1) is 57.4 Å². The minimum Gasteiger partial charge on any atom is -0.493 e. The lowest BCUT2D eigenvalue weighted by atomic mass is 9.94. The fourth-order valence-electron chi connectivity index (χ4n) is 4.40. The highest BCUT2D eigenvalue weighted by atomic mass is 19.1. The summed E-state index contributed by atoms with van der Waals surface area (Å²) in [6, 6.07) is 1.42. The summed E-state index contributed by atoms with van der Waals surface area (Å²) in [6.45, 7) is 9.47. The van der Waals surface area contributed by atoms with E-state index in [1.807, 2.05) is 6.92 Å². The lowest BCUT2D eigenvalue weighted by Gasteiger charge is -2.46. The molecule has 0 radical (unpaired) electrons. The number of hydrogen-bond acceptors (Lipinski definition) is 7. The molecule has 0 bridgehead atoms. The molecule has 1 aliphatic rings. The molecule has 1 fully saturated rings. The SMILES string of the molecule is CCCOc1cc(F)cc(C(O)C(CC2COC(OCC(C)(CF)CF)C(C)N2C(=O)OC(C)(C)C)NC(C)=O)c1. The summed E-state index contributed by atoms with van der Waals surface area (Å²) in [4.78, 5) is 26.9. The Hall–Kier alpha value is -2.57. The van der Waals surface area contributed by atoms with Crippen LogP contribution < -0.4 is 10.1 Å². The molecular formula is C29H45F3N2O7. The zero-order valence-electron chi connectivity index (χ0n) is 25.0. The predicted molar refractivity (Wildman–Crippen MR) is 146 cm³/mol. The van der Waals surface area contributed by atoms with Gasteiger partial charge < -0.3 is 29.4 Å². The minimum absolute atomic E-state index is 0.00535. The average molecular weight is 591 g/mol. The van der Waals surface area contributed by atoms with Gasteiger partial charge in [-0.05, 0) is 58.2 Å². The molecule has 2 N–H and O–H groups in total. The minimum atomic E-state index is -1.36. The highest BCUT2D eigenvalue weighted by Crippen LogP contribution is 2.31. The third kappa shape index (κ3) is 10.3. The van der Waals surface area contributed by atoms with Gasteiger partial charge in [0, 0.05) is 18.4 Å². The van der Waals surface area contributed by atoms with Crippen molar-refractivity contribution in [1.82, 2.24) is 10.2 Å². The van der Waals surface area contributed by atoms with E-state index in [2.05, 4.69) is 5.32 Å². The first-order chi connectivity index (χ1) is 19.1. The zero-order valence-corrected chi connectivity index (χ0v) is 25.0. The van der Waals surface area contributed by atoms with Crippen LogP contribution in [-0.4, -0.2) is 85.2 Å². The monoisotopic (exact) mass is 590 g/mol. The normalized spacial score (nSPS) is 21.2. The molecule has 1 aromatic rings. The number of halogens is 3. The van der Waals surface area contributed by atoms with Gasteiger partial charge in [-0.25, -0.2) is 9.18 Å². The fraction of sp³-hybridized carbons (Fsp3) is 0.724. The summed E-state index contributed by atoms with van der Waals surface area (Å²) in [5, 5.41) is 14.0. The Morgan fingerprint density at radius 1 is 1.20 bits per heavy atom. The maximum Gasteiger partial charge on any atom is 0.411 e. The van der Waals surface area contributed by atoms with E-state index in [0.29, 0.717) is 13.0 Å². The molecule has 12 heteroatoms. The molecule has 9 nitrogen and oxygen atoms in total. The molecule has 2 amide bonds. The summed E-state index contributed by atoms with van der Waals surface area (Å²) in [6.07, 6.45) is -2.36. The summed E-state index contributed by atoms with van der Waals surface area (Å²) in [5.74, 6) is -0.826. The Kier molecular flexibility index (Phi) is 12.7. The Morgan fingerprint density at radius 2 is 1.85 bits per heavy atom. The third-order valence-corrected chi connectivity index (χ3v) is 6.53. The van der Waals surface area contributed by atoms with Crippen LogP contribution in [0.1, 0.15) is 73.0 Å². The third-order valence-electron chi connectivity index (χ3n) is 6.53. The van der Waals surface area contributed by atoms with Crippen LogP contribution in [0.25, 0.3) is 0 Å². The van der Waals surface area contributed by atoms with Crippen molar-refractivity contribution >= 4 is 12.0 Å². The average Bonchev–Trinajstić information content (AvgIpc) is 2.88. The molecule has 5 atom stereocenters. The summed E-state index contributed by atoms with van der Waals surface area (Å²) in [7, 11) is 0. The summed E-state index contributed by atoms with van der Waals surface area (Å²) < 4.78 is 63.9. The molecule has 1 aromatic carbocycles. The first-order valence-electron chi connectivity index (χ1n) is 13.9. The number of alkyl halides is 2. The molecule has 1 heterocycles. The van der Waals surface area contributed by atoms with Gasteiger partial charge >= 0.3 is 6.09 Å². The van der Waals surface area contributed by atoms with Crippen LogP contribution in [0.3, 0.4) is 0 Å². The van der Waals surface area contributed by atoms with E-state index in [-0.39, 0.29) is 30.9 Å². The number of ether oxygens (including phenoxy) is 4. The maximum absolute atomic E-state index is 14.4. The summed E-state index contributed by atoms with van der Waals surface area (Å²) >= 11 is 0. The van der Waals surface area contributed by atoms with E-state index in [1.165, 1.54) is 30.9 Å². The van der Waals surface area contributed by atoms with Crippen LogP contribution in [0.5, 0.6) is 5.75 Å². The molecule has 0 saturated carbocycles. The molecule has 41 heavy (non-hydrogen) atoms. The molecule has 234 valence electrons. The van der Waals surface area contributed by atoms with Gasteiger partial charge in [0.15, 0.2) is 6.29 Å². The zero-order chi connectivity index (χ0) is 31.0. The number of aliphatic hydroxyl groups is 1. The second-order valence-electron chi connectivity index (χ2n) is 11.9. The van der Waals surface area contributed by atoms with Crippen molar-refractivity contribution in [2.45, 2.75) is 97.4 Å². The Balaban J connectivity index is 2.36. The first kappa shape index (κ1) is 34.6. The van der Waals surface area contributed by atoms with Gasteiger partial charge in [0.2, 0.25) is 5.91 Å². The van der Waals surface area contributed by atoms with Crippen LogP contribution in [0, 0.1) is 11.2 Å². The molecule has 1 aliphatic heterocycles. The predicted octanol–water partition coefficient (Wildman–Crippen LogP) is 4.86. The number of rotatable bonds is 13. The molecule has 0 aliphatic carbocycles. The molecule has 1 saturated heterocycles. The van der Waals surface area contributed by atoms with E-state index in [0.717, 1.165) is 6.07 Å². The standard InChI is InChI=1S/C29H45F3N2O7/c1-8-9-38-23-11-20(10-21(32)12-23)25(36)24(33-19(3)35)13-22-14-39-26(40-17-29(7,15-30)16-31)18(2)34(22)27(37)41-28(4,5)6/h10-12,18,22,24-26,36H,8-9,13-17H2,1-7H3,(H,33,35). The van der Waals surface area contributed by atoms with Crippen molar-refractivity contribution in [3.05, 3.63) is 29.6 Å². The van der Waals surface area contributed by atoms with E-state index >= 15 is 0 Å². The quantitative estimate of drug-likeness (QED) is 0.338. The van der Waals surface area contributed by atoms with Gasteiger partial charge in [0.25, 0.3) is 0 Å². The lowest BCUT2D eigenvalue weighted by Crippen LogP contribution is -2.61. The van der Waals surface area contributed by atoms with Gasteiger partial charge in [-0.15, -0.1) is 0 Å². The van der Waals surface area contributed by atoms with Crippen LogP contribution in [0.4, 0.5) is 18.0 Å². The number of benzene rings is 1. The number of carbonyl (C=O) groups is 2. The second kappa shape index (κ2) is 15.1. The first-order valence-corrected chi connectivity index (χ1v) is 13.9. The van der Waals surface area contributed by atoms with Gasteiger partial charge in [-0.2, -0.15) is 0 Å². The van der Waals surface area contributed by atoms with Crippen LogP contribution in [0.15, 0.2) is 18.2 Å². The fourth-order valence-corrected chi connectivity index (χ4v) is 4.40. The largest absolute Gasteiger partial charge is 0.493 e. The maximum atomic E-state index is 14.4. The molecule has 0 aromatic heterocycles. The van der Waals surface area contributed by atoms with E-state index in [9.17, 15) is 27.9 Å². The van der Waals surface area contributed by atoms with Crippen LogP contribution >= 0.6 is 0 Å². The van der Waals surface area contributed by atoms with Gasteiger partial charge in [-0.1, -0.05) is 13.8 Å². The van der Waals surface area contributed by atoms with Crippen LogP contribution in [0.2, 0.25) is 0 Å². The lowest BCUT2D eigenvalue weighted by molar-refractivity contribution is -0.228. The number of nitrogens with one attached hydrogen (secondary N) is 1. The summed E-state index contributed by atoms with van der Waals surface area (Å²) in [5.41, 5.74) is -2.02. The number of nitrogens with zero attached hydrogens (tertiary/aromatic N) is 1. The van der Waals surface area contributed by atoms with Crippen molar-refractivity contribution < 1.29 is 46.8 Å².